The van der Waals surface area contributed by atoms with Gasteiger partial charge in [-0.15, -0.1) is 0 Å². The van der Waals surface area contributed by atoms with E-state index in [0.29, 0.717) is 5.56 Å². The summed E-state index contributed by atoms with van der Waals surface area (Å²) >= 11 is 1.88. The van der Waals surface area contributed by atoms with Crippen molar-refractivity contribution in [1.82, 2.24) is 4.90 Å². The molecule has 0 aliphatic carbocycles. The molecule has 0 atom stereocenters. The van der Waals surface area contributed by atoms with Gasteiger partial charge in [0.25, 0.3) is 5.91 Å². The minimum Gasteiger partial charge on any atom is -0.507 e. The summed E-state index contributed by atoms with van der Waals surface area (Å²) in [6, 6.07) is 5.32. The highest BCUT2D eigenvalue weighted by atomic mass is 32.2. The quantitative estimate of drug-likeness (QED) is 0.832. The van der Waals surface area contributed by atoms with Crippen LogP contribution in [0.15, 0.2) is 18.2 Å². The molecule has 4 heteroatoms. The number of thioether (sulfide) groups is 1. The molecule has 1 saturated heterocycles. The summed E-state index contributed by atoms with van der Waals surface area (Å²) in [5.41, 5.74) is 1.18. The van der Waals surface area contributed by atoms with Gasteiger partial charge in [0.1, 0.15) is 5.75 Å². The summed E-state index contributed by atoms with van der Waals surface area (Å²) in [7, 11) is 0. The molecule has 2 rings (SSSR count). The first-order chi connectivity index (χ1) is 8.20. The normalized spacial score (nSPS) is 16.6. The number of hydrogen-bond donors (Lipinski definition) is 1. The van der Waals surface area contributed by atoms with Gasteiger partial charge >= 0.3 is 0 Å². The topological polar surface area (TPSA) is 40.5 Å². The molecule has 0 saturated carbocycles. The fraction of sp³-hybridized carbons (Fsp3) is 0.462. The summed E-state index contributed by atoms with van der Waals surface area (Å²) < 4.78 is 0. The molecule has 1 amide bonds. The third kappa shape index (κ3) is 2.75. The monoisotopic (exact) mass is 251 g/mol. The van der Waals surface area contributed by atoms with E-state index in [1.54, 1.807) is 6.07 Å². The van der Waals surface area contributed by atoms with Crippen molar-refractivity contribution in [1.29, 1.82) is 0 Å². The Kier molecular flexibility index (Phi) is 3.94. The van der Waals surface area contributed by atoms with Gasteiger partial charge in [-0.25, -0.2) is 0 Å². The Balaban J connectivity index is 2.20. The van der Waals surface area contributed by atoms with Gasteiger partial charge in [-0.3, -0.25) is 4.79 Å². The molecule has 1 aliphatic rings. The van der Waals surface area contributed by atoms with Crippen molar-refractivity contribution >= 4 is 17.7 Å². The zero-order chi connectivity index (χ0) is 12.3. The van der Waals surface area contributed by atoms with Gasteiger partial charge in [0.2, 0.25) is 0 Å². The summed E-state index contributed by atoms with van der Waals surface area (Å²) in [5.74, 6) is 2.17. The third-order valence-electron chi connectivity index (χ3n) is 2.98. The van der Waals surface area contributed by atoms with E-state index >= 15 is 0 Å². The zero-order valence-corrected chi connectivity index (χ0v) is 10.8. The van der Waals surface area contributed by atoms with E-state index in [0.717, 1.165) is 36.6 Å². The van der Waals surface area contributed by atoms with Crippen molar-refractivity contribution in [3.8, 4) is 5.75 Å². The molecular formula is C13H17NO2S. The number of rotatable bonds is 1. The minimum atomic E-state index is -0.0475. The maximum Gasteiger partial charge on any atom is 0.257 e. The Morgan fingerprint density at radius 1 is 1.35 bits per heavy atom. The number of aromatic hydroxyl groups is 1. The van der Waals surface area contributed by atoms with Gasteiger partial charge in [-0.2, -0.15) is 11.8 Å². The molecule has 0 radical (unpaired) electrons. The second-order valence-electron chi connectivity index (χ2n) is 4.23. The standard InChI is InChI=1S/C13H17NO2S/c1-10-4-2-5-11(12(10)15)13(16)14-6-3-8-17-9-7-14/h2,4-5,15H,3,6-9H2,1H3. The van der Waals surface area contributed by atoms with E-state index < -0.39 is 0 Å². The molecule has 1 aromatic rings. The lowest BCUT2D eigenvalue weighted by Gasteiger charge is -2.20. The van der Waals surface area contributed by atoms with Crippen molar-refractivity contribution < 1.29 is 9.90 Å². The molecule has 3 nitrogen and oxygen atoms in total. The number of phenolic OH excluding ortho intramolecular Hbond substituents is 1. The Labute approximate surface area is 106 Å². The van der Waals surface area contributed by atoms with E-state index in [4.69, 9.17) is 0 Å². The number of hydrogen-bond acceptors (Lipinski definition) is 3. The lowest BCUT2D eigenvalue weighted by Crippen LogP contribution is -2.33. The van der Waals surface area contributed by atoms with Crippen LogP contribution in [-0.4, -0.2) is 40.5 Å². The molecule has 1 aromatic carbocycles. The molecule has 1 fully saturated rings. The predicted octanol–water partition coefficient (Wildman–Crippen LogP) is 2.28. The highest BCUT2D eigenvalue weighted by molar-refractivity contribution is 7.99. The molecular weight excluding hydrogens is 234 g/mol. The van der Waals surface area contributed by atoms with Crippen LogP contribution in [0.4, 0.5) is 0 Å². The molecule has 1 heterocycles. The smallest absolute Gasteiger partial charge is 0.257 e. The van der Waals surface area contributed by atoms with Crippen LogP contribution in [0.25, 0.3) is 0 Å². The highest BCUT2D eigenvalue weighted by Gasteiger charge is 2.20. The first kappa shape index (κ1) is 12.3. The van der Waals surface area contributed by atoms with Gasteiger partial charge in [-0.05, 0) is 30.7 Å². The number of benzene rings is 1. The van der Waals surface area contributed by atoms with E-state index in [2.05, 4.69) is 0 Å². The number of phenols is 1. The number of para-hydroxylation sites is 1. The number of carbonyl (C=O) groups excluding carboxylic acids is 1. The van der Waals surface area contributed by atoms with Gasteiger partial charge in [-0.1, -0.05) is 12.1 Å². The van der Waals surface area contributed by atoms with E-state index in [9.17, 15) is 9.90 Å². The molecule has 92 valence electrons. The average Bonchev–Trinajstić information content (AvgIpc) is 2.60. The zero-order valence-electron chi connectivity index (χ0n) is 9.98. The summed E-state index contributed by atoms with van der Waals surface area (Å²) in [6.07, 6.45) is 1.03. The number of amides is 1. The van der Waals surface area contributed by atoms with Crippen molar-refractivity contribution in [3.05, 3.63) is 29.3 Å². The maximum atomic E-state index is 12.3. The van der Waals surface area contributed by atoms with Gasteiger partial charge in [0.05, 0.1) is 5.56 Å². The lowest BCUT2D eigenvalue weighted by molar-refractivity contribution is 0.0765. The van der Waals surface area contributed by atoms with Crippen LogP contribution >= 0.6 is 11.8 Å². The van der Waals surface area contributed by atoms with E-state index in [1.807, 2.05) is 35.7 Å². The van der Waals surface area contributed by atoms with Crippen molar-refractivity contribution in [2.24, 2.45) is 0 Å². The van der Waals surface area contributed by atoms with Crippen molar-refractivity contribution in [2.45, 2.75) is 13.3 Å². The minimum absolute atomic E-state index is 0.0475. The van der Waals surface area contributed by atoms with Crippen LogP contribution in [0.2, 0.25) is 0 Å². The molecule has 1 aliphatic heterocycles. The molecule has 0 bridgehead atoms. The molecule has 1 N–H and O–H groups in total. The summed E-state index contributed by atoms with van der Waals surface area (Å²) in [6.45, 7) is 3.38. The first-order valence-electron chi connectivity index (χ1n) is 5.86. The van der Waals surface area contributed by atoms with E-state index in [1.165, 1.54) is 0 Å². The van der Waals surface area contributed by atoms with Crippen LogP contribution in [-0.2, 0) is 0 Å². The van der Waals surface area contributed by atoms with Gasteiger partial charge in [0, 0.05) is 18.8 Å². The SMILES string of the molecule is Cc1cccc(C(=O)N2CCCSCC2)c1O. The number of nitrogens with zero attached hydrogens (tertiary/aromatic N) is 1. The molecule has 0 aromatic heterocycles. The second kappa shape index (κ2) is 5.45. The largest absolute Gasteiger partial charge is 0.507 e. The fourth-order valence-corrected chi connectivity index (χ4v) is 2.84. The number of aryl methyl sites for hydroxylation is 1. The van der Waals surface area contributed by atoms with Crippen LogP contribution < -0.4 is 0 Å². The van der Waals surface area contributed by atoms with Crippen LogP contribution in [0, 0.1) is 6.92 Å². The predicted molar refractivity (Wildman–Crippen MR) is 70.7 cm³/mol. The molecule has 0 spiro atoms. The van der Waals surface area contributed by atoms with Gasteiger partial charge < -0.3 is 10.0 Å². The Bertz CT molecular complexity index is 412. The van der Waals surface area contributed by atoms with Gasteiger partial charge in [0.15, 0.2) is 0 Å². The summed E-state index contributed by atoms with van der Waals surface area (Å²) in [5, 5.41) is 9.92. The fourth-order valence-electron chi connectivity index (χ4n) is 1.95. The molecule has 17 heavy (non-hydrogen) atoms. The maximum absolute atomic E-state index is 12.3. The Morgan fingerprint density at radius 2 is 2.18 bits per heavy atom. The third-order valence-corrected chi connectivity index (χ3v) is 4.03. The second-order valence-corrected chi connectivity index (χ2v) is 5.45. The number of carbonyl (C=O) groups is 1. The van der Waals surface area contributed by atoms with Crippen LogP contribution in [0.5, 0.6) is 5.75 Å². The van der Waals surface area contributed by atoms with Crippen LogP contribution in [0.3, 0.4) is 0 Å². The van der Waals surface area contributed by atoms with E-state index in [-0.39, 0.29) is 11.7 Å². The highest BCUT2D eigenvalue weighted by Crippen LogP contribution is 2.23. The average molecular weight is 251 g/mol. The Hall–Kier alpha value is -1.16. The Morgan fingerprint density at radius 3 is 3.00 bits per heavy atom. The first-order valence-corrected chi connectivity index (χ1v) is 7.01. The lowest BCUT2D eigenvalue weighted by atomic mass is 10.1. The summed E-state index contributed by atoms with van der Waals surface area (Å²) in [4.78, 5) is 14.1. The van der Waals surface area contributed by atoms with Crippen molar-refractivity contribution in [3.63, 3.8) is 0 Å². The molecule has 0 unspecified atom stereocenters. The van der Waals surface area contributed by atoms with Crippen LogP contribution in [0.1, 0.15) is 22.3 Å². The van der Waals surface area contributed by atoms with Crippen molar-refractivity contribution in [2.75, 3.05) is 24.6 Å².